The number of rotatable bonds is 0. The standard InChI is InChI=1S/3C6H12.C5H9O.U/c3*1-6-4-2-3-5-6;1-5(2,3)4-6;/h3*6H,2-5H2,1H3;1-3H3;/q;;;-1;. The molecule has 0 atom stereocenters. The van der Waals surface area contributed by atoms with E-state index in [1.807, 2.05) is 27.1 Å². The molecule has 0 unspecified atom stereocenters. The molecule has 1 nitrogen and oxygen atoms in total. The van der Waals surface area contributed by atoms with Crippen LogP contribution in [0.4, 0.5) is 0 Å². The van der Waals surface area contributed by atoms with Crippen molar-refractivity contribution < 1.29 is 35.9 Å². The second-order valence-electron chi connectivity index (χ2n) is 9.52. The Labute approximate surface area is 183 Å². The van der Waals surface area contributed by atoms with E-state index < -0.39 is 0 Å². The Balaban J connectivity index is 0. The summed E-state index contributed by atoms with van der Waals surface area (Å²) in [6.45, 7) is 12.5. The maximum atomic E-state index is 9.70. The van der Waals surface area contributed by atoms with Crippen molar-refractivity contribution >= 4 is 6.29 Å². The van der Waals surface area contributed by atoms with Crippen molar-refractivity contribution in [3.8, 4) is 0 Å². The van der Waals surface area contributed by atoms with E-state index in [1.54, 1.807) is 0 Å². The predicted molar refractivity (Wildman–Crippen MR) is 108 cm³/mol. The smallest absolute Gasteiger partial charge is 0 e. The van der Waals surface area contributed by atoms with Crippen LogP contribution in [0.15, 0.2) is 0 Å². The van der Waals surface area contributed by atoms with Crippen LogP contribution in [0.1, 0.15) is 119 Å². The molecule has 3 rings (SSSR count). The van der Waals surface area contributed by atoms with E-state index in [0.717, 1.165) is 17.8 Å². The Morgan fingerprint density at radius 2 is 0.760 bits per heavy atom. The molecule has 3 saturated carbocycles. The van der Waals surface area contributed by atoms with Crippen LogP contribution < -0.4 is 0 Å². The maximum Gasteiger partial charge on any atom is 0 e. The summed E-state index contributed by atoms with van der Waals surface area (Å²) in [6, 6.07) is 0. The van der Waals surface area contributed by atoms with E-state index in [1.165, 1.54) is 77.0 Å². The monoisotopic (exact) mass is 575 g/mol. The van der Waals surface area contributed by atoms with E-state index in [-0.39, 0.29) is 36.5 Å². The molecule has 3 aliphatic rings. The molecule has 0 aromatic carbocycles. The molecular weight excluding hydrogens is 530 g/mol. The average molecular weight is 576 g/mol. The zero-order valence-corrected chi connectivity index (χ0v) is 22.3. The molecule has 0 aliphatic heterocycles. The Morgan fingerprint density at radius 3 is 0.800 bits per heavy atom. The van der Waals surface area contributed by atoms with Gasteiger partial charge < -0.3 is 4.79 Å². The molecule has 0 spiro atoms. The maximum absolute atomic E-state index is 9.70. The summed E-state index contributed by atoms with van der Waals surface area (Å²) in [5.74, 6) is 3.14. The molecule has 3 fully saturated rings. The molecule has 2 heteroatoms. The van der Waals surface area contributed by atoms with Crippen molar-refractivity contribution in [2.24, 2.45) is 23.2 Å². The van der Waals surface area contributed by atoms with E-state index >= 15 is 0 Å². The summed E-state index contributed by atoms with van der Waals surface area (Å²) in [5, 5.41) is 0. The number of hydrogen-bond donors (Lipinski definition) is 0. The minimum atomic E-state index is -0.264. The van der Waals surface area contributed by atoms with Crippen LogP contribution in [0.3, 0.4) is 0 Å². The first-order valence-electron chi connectivity index (χ1n) is 10.6. The molecule has 0 amide bonds. The zero-order valence-electron chi connectivity index (χ0n) is 18.1. The third-order valence-electron chi connectivity index (χ3n) is 5.24. The Kier molecular flexibility index (Phi) is 18.8. The van der Waals surface area contributed by atoms with Gasteiger partial charge in [-0.2, -0.15) is 0 Å². The summed E-state index contributed by atoms with van der Waals surface area (Å²) >= 11 is 0. The normalized spacial score (nSPS) is 21.0. The van der Waals surface area contributed by atoms with Crippen LogP contribution in [-0.4, -0.2) is 6.29 Å². The van der Waals surface area contributed by atoms with Crippen LogP contribution in [0, 0.1) is 54.3 Å². The molecule has 0 saturated heterocycles. The first-order valence-corrected chi connectivity index (χ1v) is 10.6. The Hall–Kier alpha value is 0.722. The van der Waals surface area contributed by atoms with Crippen LogP contribution in [0.2, 0.25) is 0 Å². The van der Waals surface area contributed by atoms with Gasteiger partial charge in [0.2, 0.25) is 0 Å². The summed E-state index contributed by atoms with van der Waals surface area (Å²) in [4.78, 5) is 9.70. The number of hydrogen-bond acceptors (Lipinski definition) is 1. The van der Waals surface area contributed by atoms with E-state index in [2.05, 4.69) is 20.8 Å². The van der Waals surface area contributed by atoms with Crippen LogP contribution in [-0.2, 0) is 4.79 Å². The van der Waals surface area contributed by atoms with Crippen LogP contribution >= 0.6 is 0 Å². The van der Waals surface area contributed by atoms with Gasteiger partial charge in [-0.15, -0.1) is 5.41 Å². The van der Waals surface area contributed by atoms with Crippen molar-refractivity contribution in [2.75, 3.05) is 0 Å². The van der Waals surface area contributed by atoms with Crippen LogP contribution in [0.5, 0.6) is 0 Å². The third kappa shape index (κ3) is 20.9. The Bertz CT molecular complexity index is 244. The molecular formula is C23H45OU-. The second-order valence-corrected chi connectivity index (χ2v) is 9.52. The number of carbonyl (C=O) groups excluding carboxylic acids is 1. The molecule has 0 radical (unpaired) electrons. The van der Waals surface area contributed by atoms with E-state index in [9.17, 15) is 4.79 Å². The third-order valence-corrected chi connectivity index (χ3v) is 5.24. The molecule has 25 heavy (non-hydrogen) atoms. The van der Waals surface area contributed by atoms with Gasteiger partial charge in [0.05, 0.1) is 0 Å². The average Bonchev–Trinajstić information content (AvgIpc) is 3.26. The molecule has 0 aromatic heterocycles. The van der Waals surface area contributed by atoms with Crippen molar-refractivity contribution in [1.82, 2.24) is 0 Å². The van der Waals surface area contributed by atoms with Gasteiger partial charge in [-0.05, 0) is 17.8 Å². The first-order chi connectivity index (χ1) is 11.2. The summed E-state index contributed by atoms with van der Waals surface area (Å²) < 4.78 is 0. The second kappa shape index (κ2) is 16.9. The quantitative estimate of drug-likeness (QED) is 0.270. The molecule has 148 valence electrons. The molecule has 3 aliphatic carbocycles. The van der Waals surface area contributed by atoms with E-state index in [4.69, 9.17) is 0 Å². The minimum Gasteiger partial charge on any atom is -0.541 e. The van der Waals surface area contributed by atoms with Gasteiger partial charge in [0.15, 0.2) is 0 Å². The van der Waals surface area contributed by atoms with Crippen LogP contribution in [0.25, 0.3) is 0 Å². The predicted octanol–water partition coefficient (Wildman–Crippen LogP) is 7.73. The van der Waals surface area contributed by atoms with Gasteiger partial charge in [-0.1, -0.05) is 119 Å². The summed E-state index contributed by atoms with van der Waals surface area (Å²) in [7, 11) is 0. The fourth-order valence-corrected chi connectivity index (χ4v) is 3.39. The topological polar surface area (TPSA) is 17.1 Å². The molecule has 0 aromatic rings. The van der Waals surface area contributed by atoms with Gasteiger partial charge in [-0.3, -0.25) is 6.29 Å². The molecule has 0 heterocycles. The van der Waals surface area contributed by atoms with Crippen molar-refractivity contribution in [3.63, 3.8) is 0 Å². The fourth-order valence-electron chi connectivity index (χ4n) is 3.39. The van der Waals surface area contributed by atoms with Gasteiger partial charge >= 0.3 is 0 Å². The van der Waals surface area contributed by atoms with Gasteiger partial charge in [0, 0.05) is 31.1 Å². The van der Waals surface area contributed by atoms with Crippen molar-refractivity contribution in [1.29, 1.82) is 0 Å². The molecule has 0 bridgehead atoms. The molecule has 0 N–H and O–H groups in total. The largest absolute Gasteiger partial charge is 0.541 e. The van der Waals surface area contributed by atoms with Crippen molar-refractivity contribution in [2.45, 2.75) is 119 Å². The van der Waals surface area contributed by atoms with Crippen molar-refractivity contribution in [3.05, 3.63) is 0 Å². The van der Waals surface area contributed by atoms with Gasteiger partial charge in [-0.25, -0.2) is 0 Å². The summed E-state index contributed by atoms with van der Waals surface area (Å²) in [5.41, 5.74) is -0.264. The zero-order chi connectivity index (χ0) is 18.4. The Morgan fingerprint density at radius 1 is 0.600 bits per heavy atom. The fraction of sp³-hybridized carbons (Fsp3) is 0.957. The van der Waals surface area contributed by atoms with E-state index in [0.29, 0.717) is 0 Å². The van der Waals surface area contributed by atoms with Gasteiger partial charge in [0.1, 0.15) is 0 Å². The first kappa shape index (κ1) is 27.9. The minimum absolute atomic E-state index is 0. The summed E-state index contributed by atoms with van der Waals surface area (Å²) in [6.07, 6.45) is 19.7. The SMILES string of the molecule is CC(C)(C)[C-]=O.CC1CCCC1.CC1CCCC1.CC1CCCC1.[U]. The van der Waals surface area contributed by atoms with Gasteiger partial charge in [0.25, 0.3) is 0 Å².